The van der Waals surface area contributed by atoms with Crippen molar-refractivity contribution in [2.24, 2.45) is 34.0 Å². The van der Waals surface area contributed by atoms with E-state index in [1.54, 1.807) is 51.2 Å². The molecule has 1 aromatic carbocycles. The predicted octanol–water partition coefficient (Wildman–Crippen LogP) is 4.69. The lowest BCUT2D eigenvalue weighted by atomic mass is 9.79. The average molecular weight is 1030 g/mol. The standard InChI is InChI=1S/C52H75N3O16S/c1-30-15-18-41(56)31(2)22-36-19-20-63-27-37(54-67-29-40-17-16-39(72-40)24-53-71-38-13-11-10-12-14-38)28-64-42(32(3)48(36)70-51-47(60)44(55(6)7)45(58)33(4)68-51)23-43(57)65-25-35(21-30)26-66-52-50(62-9)49(61-8)46(59)34(5)69-52/h10-18,21,24,31-36,42,44-52,58-60H,19-20,22-23,25-29H2,1-9H3/b18-15+,30-21+,53-24+,54-37+/t31-,32+,33-,34-,35+,36?,42-,44+,45-,46-,47-,48-,49-,50-,51+,52-/m1/s1. The van der Waals surface area contributed by atoms with Crippen molar-refractivity contribution in [3.63, 3.8) is 0 Å². The number of ether oxygens (including phenoxy) is 9. The summed E-state index contributed by atoms with van der Waals surface area (Å²) in [6.07, 6.45) is -2.40. The molecule has 0 radical (unpaired) electrons. The minimum Gasteiger partial charge on any atom is -0.465 e. The van der Waals surface area contributed by atoms with Crippen LogP contribution in [0.3, 0.4) is 0 Å². The van der Waals surface area contributed by atoms with E-state index in [-0.39, 0.29) is 57.8 Å². The van der Waals surface area contributed by atoms with Gasteiger partial charge >= 0.3 is 5.97 Å². The Morgan fingerprint density at radius 3 is 2.35 bits per heavy atom. The van der Waals surface area contributed by atoms with E-state index in [1.807, 2.05) is 69.3 Å². The molecule has 0 saturated carbocycles. The van der Waals surface area contributed by atoms with Gasteiger partial charge in [-0.2, -0.15) is 0 Å². The number of allylic oxidation sites excluding steroid dienone is 3. The van der Waals surface area contributed by atoms with Gasteiger partial charge < -0.3 is 72.5 Å². The van der Waals surface area contributed by atoms with Crippen LogP contribution in [-0.4, -0.2) is 179 Å². The van der Waals surface area contributed by atoms with Gasteiger partial charge in [-0.3, -0.25) is 9.59 Å². The molecule has 16 atom stereocenters. The second kappa shape index (κ2) is 28.1. The van der Waals surface area contributed by atoms with Crippen LogP contribution in [0.2, 0.25) is 0 Å². The number of hydrogen-bond donors (Lipinski definition) is 3. The van der Waals surface area contributed by atoms with Crippen LogP contribution in [0, 0.1) is 23.7 Å². The number of methoxy groups -OCH3 is 2. The highest BCUT2D eigenvalue weighted by molar-refractivity contribution is 7.13. The number of nitrogens with zero attached hydrogens (tertiary/aromatic N) is 3. The van der Waals surface area contributed by atoms with E-state index in [9.17, 15) is 24.9 Å². The van der Waals surface area contributed by atoms with Crippen LogP contribution >= 0.6 is 11.3 Å². The SMILES string of the molecule is CO[C@@H]1[C@H](O)[C@@H](C)O[C@@H](OC[C@H]2/C=C(C)/C=C/C(=O)[C@H](C)CC3CCOC/C(=N\OCc4ccc(/C=N/Oc5ccccc5)s4)CO[C@H](CC(=O)OC2)[C@H](C)[C@H]3O[C@@H]2O[C@H](C)[C@@H](O)[C@H](N(C)C)[C@H]2O)[C@@H]1OC. The molecule has 3 fully saturated rings. The summed E-state index contributed by atoms with van der Waals surface area (Å²) in [5.74, 6) is -2.01. The van der Waals surface area contributed by atoms with Crippen LogP contribution in [0.15, 0.2) is 76.6 Å². The van der Waals surface area contributed by atoms with E-state index in [1.165, 1.54) is 25.6 Å². The summed E-state index contributed by atoms with van der Waals surface area (Å²) in [7, 11) is 6.49. The van der Waals surface area contributed by atoms with Crippen LogP contribution in [0.5, 0.6) is 5.75 Å². The van der Waals surface area contributed by atoms with Crippen molar-refractivity contribution in [2.75, 3.05) is 61.3 Å². The Kier molecular flexibility index (Phi) is 22.3. The quantitative estimate of drug-likeness (QED) is 0.133. The number of cyclic esters (lactones) is 1. The fraction of sp³-hybridized carbons (Fsp3) is 0.654. The summed E-state index contributed by atoms with van der Waals surface area (Å²) >= 11 is 1.47. The fourth-order valence-electron chi connectivity index (χ4n) is 9.45. The van der Waals surface area contributed by atoms with Gasteiger partial charge in [0.25, 0.3) is 0 Å². The highest BCUT2D eigenvalue weighted by atomic mass is 32.1. The lowest BCUT2D eigenvalue weighted by Crippen LogP contribution is -2.63. The molecular weight excluding hydrogens is 955 g/mol. The fourth-order valence-corrected chi connectivity index (χ4v) is 10.2. The third-order valence-electron chi connectivity index (χ3n) is 13.5. The van der Waals surface area contributed by atoms with Gasteiger partial charge in [-0.25, -0.2) is 0 Å². The molecule has 4 aliphatic rings. The Morgan fingerprint density at radius 2 is 1.61 bits per heavy atom. The first kappa shape index (κ1) is 57.3. The molecule has 0 amide bonds. The minimum atomic E-state index is -1.26. The molecule has 5 heterocycles. The van der Waals surface area contributed by atoms with Gasteiger partial charge in [0.1, 0.15) is 30.1 Å². The number of carbonyl (C=O) groups is 2. The van der Waals surface area contributed by atoms with Crippen molar-refractivity contribution in [2.45, 2.75) is 134 Å². The number of ketones is 1. The summed E-state index contributed by atoms with van der Waals surface area (Å²) in [6.45, 7) is 9.34. The van der Waals surface area contributed by atoms with Crippen LogP contribution in [-0.2, 0) is 63.7 Å². The number of esters is 1. The van der Waals surface area contributed by atoms with E-state index < -0.39 is 97.3 Å². The summed E-state index contributed by atoms with van der Waals surface area (Å²) in [6, 6.07) is 12.4. The van der Waals surface area contributed by atoms with Gasteiger partial charge in [0, 0.05) is 48.3 Å². The lowest BCUT2D eigenvalue weighted by Gasteiger charge is -2.47. The van der Waals surface area contributed by atoms with Crippen LogP contribution in [0.4, 0.5) is 0 Å². The van der Waals surface area contributed by atoms with Gasteiger partial charge in [-0.05, 0) is 84.0 Å². The summed E-state index contributed by atoms with van der Waals surface area (Å²) < 4.78 is 55.4. The van der Waals surface area contributed by atoms with Crippen molar-refractivity contribution in [1.29, 1.82) is 0 Å². The van der Waals surface area contributed by atoms with Crippen molar-refractivity contribution in [3.8, 4) is 5.75 Å². The molecule has 2 bridgehead atoms. The summed E-state index contributed by atoms with van der Waals surface area (Å²) in [4.78, 5) is 42.9. The highest BCUT2D eigenvalue weighted by Gasteiger charge is 2.48. The van der Waals surface area contributed by atoms with Crippen LogP contribution < -0.4 is 4.84 Å². The van der Waals surface area contributed by atoms with Crippen molar-refractivity contribution < 1.29 is 77.2 Å². The molecule has 1 aromatic heterocycles. The van der Waals surface area contributed by atoms with E-state index in [0.29, 0.717) is 24.3 Å². The number of benzene rings is 1. The molecule has 4 aliphatic heterocycles. The zero-order valence-corrected chi connectivity index (χ0v) is 43.7. The highest BCUT2D eigenvalue weighted by Crippen LogP contribution is 2.36. The Hall–Kier alpha value is -4.00. The number of para-hydroxylation sites is 1. The van der Waals surface area contributed by atoms with Crippen molar-refractivity contribution in [1.82, 2.24) is 4.90 Å². The van der Waals surface area contributed by atoms with E-state index >= 15 is 0 Å². The van der Waals surface area contributed by atoms with Crippen molar-refractivity contribution in [3.05, 3.63) is 76.0 Å². The number of carbonyl (C=O) groups excluding carboxylic acids is 2. The molecule has 0 aliphatic carbocycles. The van der Waals surface area contributed by atoms with Gasteiger partial charge in [-0.1, -0.05) is 60.1 Å². The molecule has 6 rings (SSSR count). The zero-order valence-electron chi connectivity index (χ0n) is 42.9. The van der Waals surface area contributed by atoms with Gasteiger partial charge in [-0.15, -0.1) is 11.3 Å². The van der Waals surface area contributed by atoms with Crippen molar-refractivity contribution >= 4 is 35.0 Å². The van der Waals surface area contributed by atoms with E-state index in [0.717, 1.165) is 15.3 Å². The second-order valence-electron chi connectivity index (χ2n) is 19.3. The van der Waals surface area contributed by atoms with Gasteiger partial charge in [0.15, 0.2) is 30.7 Å². The molecule has 72 heavy (non-hydrogen) atoms. The first-order chi connectivity index (χ1) is 34.6. The van der Waals surface area contributed by atoms with E-state index in [4.69, 9.17) is 52.3 Å². The number of oxime groups is 2. The number of rotatable bonds is 14. The Balaban J connectivity index is 1.26. The Morgan fingerprint density at radius 1 is 0.875 bits per heavy atom. The zero-order chi connectivity index (χ0) is 51.9. The molecule has 3 saturated heterocycles. The normalized spacial score (nSPS) is 36.7. The predicted molar refractivity (Wildman–Crippen MR) is 266 cm³/mol. The lowest BCUT2D eigenvalue weighted by molar-refractivity contribution is -0.305. The van der Waals surface area contributed by atoms with Gasteiger partial charge in [0.05, 0.1) is 75.6 Å². The molecule has 20 heteroatoms. The summed E-state index contributed by atoms with van der Waals surface area (Å²) in [5, 5.41) is 42.0. The molecule has 19 nitrogen and oxygen atoms in total. The third-order valence-corrected chi connectivity index (χ3v) is 14.5. The molecule has 1 unspecified atom stereocenters. The molecule has 2 aromatic rings. The number of aliphatic hydroxyl groups is 3. The molecule has 3 N–H and O–H groups in total. The third kappa shape index (κ3) is 16.0. The van der Waals surface area contributed by atoms with Gasteiger partial charge in [0.2, 0.25) is 0 Å². The number of fused-ring (bicyclic) bond motifs is 3. The number of hydrogen-bond acceptors (Lipinski definition) is 20. The van der Waals surface area contributed by atoms with Crippen LogP contribution in [0.25, 0.3) is 0 Å². The number of thiophene rings is 1. The Bertz CT molecular complexity index is 2120. The minimum absolute atomic E-state index is 0.0220. The molecule has 400 valence electrons. The summed E-state index contributed by atoms with van der Waals surface area (Å²) in [5.41, 5.74) is 1.17. The number of likely N-dealkylation sites (N-methyl/N-ethyl adjacent to an activating group) is 1. The largest absolute Gasteiger partial charge is 0.465 e. The smallest absolute Gasteiger partial charge is 0.308 e. The topological polar surface area (TPSA) is 224 Å². The second-order valence-corrected chi connectivity index (χ2v) is 20.5. The first-order valence-electron chi connectivity index (χ1n) is 24.7. The average Bonchev–Trinajstić information content (AvgIpc) is 3.81. The maximum absolute atomic E-state index is 14.2. The number of aliphatic hydroxyl groups excluding tert-OH is 3. The maximum Gasteiger partial charge on any atom is 0.308 e. The Labute approximate surface area is 426 Å². The molecular formula is C52H75N3O16S. The monoisotopic (exact) mass is 1030 g/mol. The maximum atomic E-state index is 14.2. The first-order valence-corrected chi connectivity index (χ1v) is 25.5. The van der Waals surface area contributed by atoms with E-state index in [2.05, 4.69) is 10.3 Å². The van der Waals surface area contributed by atoms with Crippen LogP contribution in [0.1, 0.15) is 63.6 Å². The molecule has 0 spiro atoms.